The zero-order valence-electron chi connectivity index (χ0n) is 10.2. The zero-order chi connectivity index (χ0) is 14.1. The molecule has 1 saturated heterocycles. The molecule has 2 aromatic heterocycles. The van der Waals surface area contributed by atoms with Crippen molar-refractivity contribution in [3.05, 3.63) is 29.7 Å². The molecule has 0 bridgehead atoms. The zero-order valence-corrected chi connectivity index (χ0v) is 10.2. The van der Waals surface area contributed by atoms with Crippen LogP contribution in [0.3, 0.4) is 0 Å². The number of aromatic nitrogens is 5. The second kappa shape index (κ2) is 4.58. The van der Waals surface area contributed by atoms with E-state index in [0.717, 1.165) is 0 Å². The Labute approximate surface area is 113 Å². The van der Waals surface area contributed by atoms with Crippen molar-refractivity contribution in [1.29, 1.82) is 5.26 Å². The van der Waals surface area contributed by atoms with Gasteiger partial charge in [-0.05, 0) is 6.07 Å². The Balaban J connectivity index is 1.72. The summed E-state index contributed by atoms with van der Waals surface area (Å²) in [5, 5.41) is 32.9. The van der Waals surface area contributed by atoms with Gasteiger partial charge in [0.05, 0.1) is 24.0 Å². The Bertz CT molecular complexity index is 699. The van der Waals surface area contributed by atoms with Crippen molar-refractivity contribution in [1.82, 2.24) is 25.2 Å². The molecule has 1 N–H and O–H groups in total. The minimum absolute atomic E-state index is 0.0177. The largest absolute Gasteiger partial charge is 0.476 e. The summed E-state index contributed by atoms with van der Waals surface area (Å²) in [7, 11) is 0. The smallest absolute Gasteiger partial charge is 0.358 e. The van der Waals surface area contributed by atoms with Crippen molar-refractivity contribution in [3.8, 4) is 6.07 Å². The van der Waals surface area contributed by atoms with Crippen LogP contribution in [0.4, 0.5) is 5.82 Å². The van der Waals surface area contributed by atoms with Crippen molar-refractivity contribution in [2.45, 2.75) is 6.04 Å². The molecule has 0 atom stereocenters. The number of rotatable bonds is 3. The first-order valence-corrected chi connectivity index (χ1v) is 5.81. The Morgan fingerprint density at radius 2 is 2.25 bits per heavy atom. The van der Waals surface area contributed by atoms with E-state index < -0.39 is 5.97 Å². The van der Waals surface area contributed by atoms with Gasteiger partial charge in [-0.25, -0.2) is 9.48 Å². The van der Waals surface area contributed by atoms with Crippen molar-refractivity contribution in [2.75, 3.05) is 18.0 Å². The van der Waals surface area contributed by atoms with Crippen LogP contribution in [0.1, 0.15) is 22.1 Å². The van der Waals surface area contributed by atoms with Gasteiger partial charge in [-0.2, -0.15) is 10.4 Å². The molecule has 9 nitrogen and oxygen atoms in total. The Morgan fingerprint density at radius 1 is 1.45 bits per heavy atom. The van der Waals surface area contributed by atoms with Crippen molar-refractivity contribution in [2.24, 2.45) is 0 Å². The normalized spacial score (nSPS) is 14.7. The van der Waals surface area contributed by atoms with Crippen LogP contribution in [-0.2, 0) is 0 Å². The molecule has 20 heavy (non-hydrogen) atoms. The highest BCUT2D eigenvalue weighted by molar-refractivity contribution is 5.84. The van der Waals surface area contributed by atoms with Crippen LogP contribution in [0.15, 0.2) is 18.5 Å². The molecule has 2 aromatic rings. The maximum Gasteiger partial charge on any atom is 0.358 e. The van der Waals surface area contributed by atoms with Crippen molar-refractivity contribution in [3.63, 3.8) is 0 Å². The average molecular weight is 271 g/mol. The van der Waals surface area contributed by atoms with Crippen LogP contribution in [0.2, 0.25) is 0 Å². The third-order valence-electron chi connectivity index (χ3n) is 3.09. The fraction of sp³-hybridized carbons (Fsp3) is 0.273. The Morgan fingerprint density at radius 3 is 2.90 bits per heavy atom. The molecule has 100 valence electrons. The van der Waals surface area contributed by atoms with E-state index in [2.05, 4.69) is 26.6 Å². The van der Waals surface area contributed by atoms with Crippen molar-refractivity contribution >= 4 is 11.8 Å². The SMILES string of the molecule is N#Cc1ccnnc1N1CC(n2cc(C(=O)O)nn2)C1. The number of carboxylic acids is 1. The second-order valence-corrected chi connectivity index (χ2v) is 4.33. The van der Waals surface area contributed by atoms with E-state index in [1.807, 2.05) is 4.90 Å². The highest BCUT2D eigenvalue weighted by Crippen LogP contribution is 2.27. The molecule has 3 rings (SSSR count). The van der Waals surface area contributed by atoms with Gasteiger partial charge < -0.3 is 10.0 Å². The lowest BCUT2D eigenvalue weighted by molar-refractivity contribution is 0.0690. The summed E-state index contributed by atoms with van der Waals surface area (Å²) in [5.41, 5.74) is 0.379. The third-order valence-corrected chi connectivity index (χ3v) is 3.09. The molecule has 0 aliphatic carbocycles. The standard InChI is InChI=1S/C11H9N7O2/c12-3-7-1-2-13-15-10(7)17-4-8(5-17)18-6-9(11(19)20)14-16-18/h1-2,6,8H,4-5H2,(H,19,20). The molecule has 0 spiro atoms. The van der Waals surface area contributed by atoms with Crippen LogP contribution >= 0.6 is 0 Å². The first kappa shape index (κ1) is 12.0. The van der Waals surface area contributed by atoms with E-state index in [4.69, 9.17) is 10.4 Å². The van der Waals surface area contributed by atoms with E-state index in [9.17, 15) is 4.79 Å². The summed E-state index contributed by atoms with van der Waals surface area (Å²) in [6.45, 7) is 1.16. The van der Waals surface area contributed by atoms with Gasteiger partial charge in [0.1, 0.15) is 6.07 Å². The molecule has 0 saturated carbocycles. The van der Waals surface area contributed by atoms with Gasteiger partial charge in [0.15, 0.2) is 11.5 Å². The molecule has 0 unspecified atom stereocenters. The van der Waals surface area contributed by atoms with Crippen LogP contribution in [0.25, 0.3) is 0 Å². The van der Waals surface area contributed by atoms with E-state index >= 15 is 0 Å². The number of hydrogen-bond donors (Lipinski definition) is 1. The van der Waals surface area contributed by atoms with Crippen molar-refractivity contribution < 1.29 is 9.90 Å². The van der Waals surface area contributed by atoms with E-state index in [0.29, 0.717) is 24.5 Å². The number of anilines is 1. The maximum atomic E-state index is 10.7. The van der Waals surface area contributed by atoms with Gasteiger partial charge in [-0.1, -0.05) is 5.21 Å². The van der Waals surface area contributed by atoms with Gasteiger partial charge in [0.2, 0.25) is 0 Å². The van der Waals surface area contributed by atoms with Gasteiger partial charge in [-0.15, -0.1) is 10.2 Å². The number of carbonyl (C=O) groups is 1. The molecule has 1 fully saturated rings. The lowest BCUT2D eigenvalue weighted by Crippen LogP contribution is -2.48. The highest BCUT2D eigenvalue weighted by atomic mass is 16.4. The van der Waals surface area contributed by atoms with E-state index in [-0.39, 0.29) is 11.7 Å². The monoisotopic (exact) mass is 271 g/mol. The average Bonchev–Trinajstić information content (AvgIpc) is 2.87. The maximum absolute atomic E-state index is 10.7. The first-order chi connectivity index (χ1) is 9.69. The quantitative estimate of drug-likeness (QED) is 0.807. The van der Waals surface area contributed by atoms with Crippen LogP contribution < -0.4 is 4.90 Å². The highest BCUT2D eigenvalue weighted by Gasteiger charge is 2.32. The molecular weight excluding hydrogens is 262 g/mol. The molecule has 0 radical (unpaired) electrons. The lowest BCUT2D eigenvalue weighted by atomic mass is 10.1. The Hall–Kier alpha value is -3.02. The summed E-state index contributed by atoms with van der Waals surface area (Å²) in [6.07, 6.45) is 2.86. The summed E-state index contributed by atoms with van der Waals surface area (Å²) in [4.78, 5) is 12.6. The third kappa shape index (κ3) is 1.93. The molecule has 9 heteroatoms. The fourth-order valence-corrected chi connectivity index (χ4v) is 1.99. The van der Waals surface area contributed by atoms with Gasteiger partial charge >= 0.3 is 5.97 Å². The number of hydrogen-bond acceptors (Lipinski definition) is 7. The number of nitrogens with zero attached hydrogens (tertiary/aromatic N) is 7. The minimum Gasteiger partial charge on any atom is -0.476 e. The summed E-state index contributed by atoms with van der Waals surface area (Å²) >= 11 is 0. The number of aromatic carboxylic acids is 1. The van der Waals surface area contributed by atoms with Gasteiger partial charge in [0, 0.05) is 13.1 Å². The molecule has 3 heterocycles. The summed E-state index contributed by atoms with van der Waals surface area (Å²) in [5.74, 6) is -0.571. The fourth-order valence-electron chi connectivity index (χ4n) is 1.99. The predicted molar refractivity (Wildman–Crippen MR) is 65.0 cm³/mol. The number of carboxylic acid groups (broad SMARTS) is 1. The van der Waals surface area contributed by atoms with Gasteiger partial charge in [-0.3, -0.25) is 0 Å². The van der Waals surface area contributed by atoms with E-state index in [1.54, 1.807) is 6.07 Å². The topological polar surface area (TPSA) is 121 Å². The predicted octanol–water partition coefficient (Wildman–Crippen LogP) is -0.301. The minimum atomic E-state index is -1.10. The molecule has 1 aliphatic rings. The lowest BCUT2D eigenvalue weighted by Gasteiger charge is -2.39. The second-order valence-electron chi connectivity index (χ2n) is 4.33. The Kier molecular flexibility index (Phi) is 2.76. The first-order valence-electron chi connectivity index (χ1n) is 5.81. The molecule has 1 aliphatic heterocycles. The van der Waals surface area contributed by atoms with Crippen LogP contribution in [-0.4, -0.2) is 49.4 Å². The van der Waals surface area contributed by atoms with Crippen LogP contribution in [0.5, 0.6) is 0 Å². The summed E-state index contributed by atoms with van der Waals surface area (Å²) < 4.78 is 1.52. The van der Waals surface area contributed by atoms with E-state index in [1.165, 1.54) is 17.1 Å². The molecule has 0 amide bonds. The molecule has 0 aromatic carbocycles. The molecular formula is C11H9N7O2. The van der Waals surface area contributed by atoms with Gasteiger partial charge in [0.25, 0.3) is 0 Å². The van der Waals surface area contributed by atoms with Crippen LogP contribution in [0, 0.1) is 11.3 Å². The number of nitriles is 1. The summed E-state index contributed by atoms with van der Waals surface area (Å²) in [6, 6.07) is 3.68.